The Morgan fingerprint density at radius 2 is 2.05 bits per heavy atom. The number of benzene rings is 1. The van der Waals surface area contributed by atoms with Crippen molar-refractivity contribution in [2.75, 3.05) is 23.9 Å². The summed E-state index contributed by atoms with van der Waals surface area (Å²) in [5.74, 6) is 0.772. The van der Waals surface area contributed by atoms with Gasteiger partial charge in [-0.3, -0.25) is 4.99 Å². The quantitative estimate of drug-likeness (QED) is 0.459. The maximum absolute atomic E-state index is 12.3. The van der Waals surface area contributed by atoms with Crippen molar-refractivity contribution in [3.8, 4) is 5.75 Å². The van der Waals surface area contributed by atoms with Crippen molar-refractivity contribution < 1.29 is 17.9 Å². The van der Waals surface area contributed by atoms with Crippen LogP contribution in [0.15, 0.2) is 29.3 Å². The molecule has 1 rings (SSSR count). The second-order valence-corrected chi connectivity index (χ2v) is 5.12. The van der Waals surface area contributed by atoms with Crippen LogP contribution >= 0.6 is 11.8 Å². The van der Waals surface area contributed by atoms with Crippen LogP contribution in [0.2, 0.25) is 0 Å². The molecule has 21 heavy (non-hydrogen) atoms. The van der Waals surface area contributed by atoms with Crippen molar-refractivity contribution in [3.63, 3.8) is 0 Å². The number of para-hydroxylation sites is 2. The van der Waals surface area contributed by atoms with E-state index in [9.17, 15) is 13.2 Å². The van der Waals surface area contributed by atoms with Gasteiger partial charge in [0.1, 0.15) is 0 Å². The summed E-state index contributed by atoms with van der Waals surface area (Å²) in [5.41, 5.74) is 5.78. The highest BCUT2D eigenvalue weighted by Crippen LogP contribution is 2.29. The average Bonchev–Trinajstić information content (AvgIpc) is 2.39. The number of nitrogens with zero attached hydrogens (tertiary/aromatic N) is 1. The molecular formula is C13H18F3N3OS. The predicted octanol–water partition coefficient (Wildman–Crippen LogP) is 3.46. The summed E-state index contributed by atoms with van der Waals surface area (Å²) >= 11 is 1.75. The van der Waals surface area contributed by atoms with Gasteiger partial charge in [-0.2, -0.15) is 11.8 Å². The first-order valence-corrected chi connectivity index (χ1v) is 7.72. The number of anilines is 1. The van der Waals surface area contributed by atoms with Crippen LogP contribution in [0.1, 0.15) is 12.8 Å². The van der Waals surface area contributed by atoms with E-state index < -0.39 is 6.36 Å². The van der Waals surface area contributed by atoms with Gasteiger partial charge in [-0.05, 0) is 37.0 Å². The molecule has 0 radical (unpaired) electrons. The third-order valence-electron chi connectivity index (χ3n) is 2.41. The Hall–Kier alpha value is -1.57. The van der Waals surface area contributed by atoms with Crippen LogP contribution in [0, 0.1) is 0 Å². The summed E-state index contributed by atoms with van der Waals surface area (Å²) < 4.78 is 40.7. The van der Waals surface area contributed by atoms with E-state index in [1.165, 1.54) is 18.2 Å². The van der Waals surface area contributed by atoms with Gasteiger partial charge in [0.25, 0.3) is 0 Å². The summed E-state index contributed by atoms with van der Waals surface area (Å²) in [6.45, 7) is 0.529. The zero-order valence-electron chi connectivity index (χ0n) is 11.6. The average molecular weight is 321 g/mol. The molecule has 0 aromatic heterocycles. The van der Waals surface area contributed by atoms with Crippen molar-refractivity contribution in [2.45, 2.75) is 19.2 Å². The first kappa shape index (κ1) is 17.5. The number of hydrogen-bond acceptors (Lipinski definition) is 3. The molecule has 118 valence electrons. The summed E-state index contributed by atoms with van der Waals surface area (Å²) in [5, 5.41) is 2.62. The number of halogens is 3. The van der Waals surface area contributed by atoms with Crippen LogP contribution in [0.3, 0.4) is 0 Å². The van der Waals surface area contributed by atoms with Crippen molar-refractivity contribution in [2.24, 2.45) is 10.7 Å². The van der Waals surface area contributed by atoms with Gasteiger partial charge in [0, 0.05) is 6.54 Å². The third-order valence-corrected chi connectivity index (χ3v) is 3.11. The summed E-state index contributed by atoms with van der Waals surface area (Å²) in [7, 11) is 0. The van der Waals surface area contributed by atoms with Gasteiger partial charge in [-0.15, -0.1) is 13.2 Å². The first-order valence-electron chi connectivity index (χ1n) is 6.33. The number of nitrogens with one attached hydrogen (secondary N) is 1. The van der Waals surface area contributed by atoms with Gasteiger partial charge < -0.3 is 15.8 Å². The van der Waals surface area contributed by atoms with Gasteiger partial charge >= 0.3 is 6.36 Å². The molecule has 0 amide bonds. The molecule has 8 heteroatoms. The number of guanidine groups is 1. The van der Waals surface area contributed by atoms with Crippen LogP contribution < -0.4 is 15.8 Å². The van der Waals surface area contributed by atoms with E-state index >= 15 is 0 Å². The molecule has 0 aliphatic carbocycles. The molecule has 1 aromatic rings. The molecule has 0 fully saturated rings. The van der Waals surface area contributed by atoms with E-state index in [0.29, 0.717) is 6.54 Å². The summed E-state index contributed by atoms with van der Waals surface area (Å²) in [6.07, 6.45) is -0.825. The lowest BCUT2D eigenvalue weighted by Gasteiger charge is -2.14. The Labute approximate surface area is 126 Å². The summed E-state index contributed by atoms with van der Waals surface area (Å²) in [4.78, 5) is 4.07. The fourth-order valence-corrected chi connectivity index (χ4v) is 2.01. The molecule has 0 saturated carbocycles. The first-order chi connectivity index (χ1) is 9.92. The minimum atomic E-state index is -4.75. The zero-order valence-corrected chi connectivity index (χ0v) is 12.4. The van der Waals surface area contributed by atoms with E-state index in [-0.39, 0.29) is 17.4 Å². The lowest BCUT2D eigenvalue weighted by molar-refractivity contribution is -0.274. The number of alkyl halides is 3. The van der Waals surface area contributed by atoms with Crippen LogP contribution in [-0.2, 0) is 0 Å². The normalized spacial score (nSPS) is 12.3. The maximum atomic E-state index is 12.3. The van der Waals surface area contributed by atoms with Gasteiger partial charge in [-0.25, -0.2) is 0 Å². The maximum Gasteiger partial charge on any atom is 0.573 e. The topological polar surface area (TPSA) is 59.6 Å². The van der Waals surface area contributed by atoms with Gasteiger partial charge in [0.15, 0.2) is 11.7 Å². The molecule has 0 heterocycles. The Kier molecular flexibility index (Phi) is 7.21. The fraction of sp³-hybridized carbons (Fsp3) is 0.462. The molecular weight excluding hydrogens is 303 g/mol. The number of rotatable bonds is 7. The zero-order chi connectivity index (χ0) is 15.7. The van der Waals surface area contributed by atoms with E-state index in [1.54, 1.807) is 17.8 Å². The van der Waals surface area contributed by atoms with E-state index in [2.05, 4.69) is 15.0 Å². The number of nitrogens with two attached hydrogens (primary N) is 1. The predicted molar refractivity (Wildman–Crippen MR) is 80.9 cm³/mol. The molecule has 4 nitrogen and oxygen atoms in total. The minimum absolute atomic E-state index is 0.0670. The SMILES string of the molecule is CSCCCCN=C(N)Nc1ccccc1OC(F)(F)F. The van der Waals surface area contributed by atoms with Crippen molar-refractivity contribution >= 4 is 23.4 Å². The van der Waals surface area contributed by atoms with Crippen LogP contribution in [-0.4, -0.2) is 30.9 Å². The van der Waals surface area contributed by atoms with Crippen LogP contribution in [0.5, 0.6) is 5.75 Å². The monoisotopic (exact) mass is 321 g/mol. The molecule has 0 bridgehead atoms. The van der Waals surface area contributed by atoms with Gasteiger partial charge in [0.05, 0.1) is 5.69 Å². The smallest absolute Gasteiger partial charge is 0.404 e. The second kappa shape index (κ2) is 8.66. The minimum Gasteiger partial charge on any atom is -0.404 e. The fourth-order valence-electron chi connectivity index (χ4n) is 1.52. The highest BCUT2D eigenvalue weighted by molar-refractivity contribution is 7.98. The highest BCUT2D eigenvalue weighted by atomic mass is 32.2. The lowest BCUT2D eigenvalue weighted by Crippen LogP contribution is -2.24. The number of aliphatic imine (C=N–C) groups is 1. The van der Waals surface area contributed by atoms with E-state index in [1.807, 2.05) is 6.26 Å². The van der Waals surface area contributed by atoms with Crippen molar-refractivity contribution in [1.82, 2.24) is 0 Å². The number of thioether (sulfide) groups is 1. The number of unbranched alkanes of at least 4 members (excludes halogenated alkanes) is 1. The Balaban J connectivity index is 2.59. The molecule has 0 saturated heterocycles. The van der Waals surface area contributed by atoms with E-state index in [4.69, 9.17) is 5.73 Å². The van der Waals surface area contributed by atoms with Gasteiger partial charge in [0.2, 0.25) is 0 Å². The molecule has 0 atom stereocenters. The molecule has 3 N–H and O–H groups in total. The summed E-state index contributed by atoms with van der Waals surface area (Å²) in [6, 6.07) is 5.68. The number of ether oxygens (including phenoxy) is 1. The van der Waals surface area contributed by atoms with Crippen molar-refractivity contribution in [1.29, 1.82) is 0 Å². The number of hydrogen-bond donors (Lipinski definition) is 2. The lowest BCUT2D eigenvalue weighted by atomic mass is 10.3. The highest BCUT2D eigenvalue weighted by Gasteiger charge is 2.32. The third kappa shape index (κ3) is 7.69. The van der Waals surface area contributed by atoms with E-state index in [0.717, 1.165) is 18.6 Å². The molecule has 0 aliphatic rings. The Bertz CT molecular complexity index is 466. The van der Waals surface area contributed by atoms with Gasteiger partial charge in [-0.1, -0.05) is 12.1 Å². The van der Waals surface area contributed by atoms with Crippen molar-refractivity contribution in [3.05, 3.63) is 24.3 Å². The molecule has 0 spiro atoms. The Morgan fingerprint density at radius 1 is 1.33 bits per heavy atom. The second-order valence-electron chi connectivity index (χ2n) is 4.14. The Morgan fingerprint density at radius 3 is 2.71 bits per heavy atom. The van der Waals surface area contributed by atoms with Crippen LogP contribution in [0.4, 0.5) is 18.9 Å². The molecule has 0 aliphatic heterocycles. The largest absolute Gasteiger partial charge is 0.573 e. The standard InChI is InChI=1S/C13H18F3N3OS/c1-21-9-5-4-8-18-12(17)19-10-6-2-3-7-11(10)20-13(14,15)16/h2-3,6-7H,4-5,8-9H2,1H3,(H3,17,18,19). The van der Waals surface area contributed by atoms with Crippen LogP contribution in [0.25, 0.3) is 0 Å². The molecule has 1 aromatic carbocycles. The molecule has 0 unspecified atom stereocenters.